The van der Waals surface area contributed by atoms with E-state index in [0.717, 1.165) is 52.8 Å². The first-order chi connectivity index (χ1) is 16.3. The van der Waals surface area contributed by atoms with Crippen LogP contribution in [0.1, 0.15) is 55.3 Å². The van der Waals surface area contributed by atoms with Crippen LogP contribution in [0.25, 0.3) is 10.9 Å². The molecular formula is C27H34N6O. The molecule has 0 atom stereocenters. The molecule has 0 spiro atoms. The molecule has 2 aromatic heterocycles. The first-order valence-electron chi connectivity index (χ1n) is 11.9. The van der Waals surface area contributed by atoms with Gasteiger partial charge in [0.2, 0.25) is 0 Å². The lowest BCUT2D eigenvalue weighted by atomic mass is 10.0. The monoisotopic (exact) mass is 458 g/mol. The average Bonchev–Trinajstić information content (AvgIpc) is 3.28. The fraction of sp³-hybridized carbons (Fsp3) is 0.407. The molecule has 0 saturated heterocycles. The van der Waals surface area contributed by atoms with Crippen molar-refractivity contribution in [3.8, 4) is 0 Å². The van der Waals surface area contributed by atoms with Gasteiger partial charge >= 0.3 is 0 Å². The molecule has 178 valence electrons. The Labute approximate surface area is 200 Å². The van der Waals surface area contributed by atoms with Crippen molar-refractivity contribution in [1.82, 2.24) is 30.1 Å². The molecule has 0 fully saturated rings. The van der Waals surface area contributed by atoms with Gasteiger partial charge in [-0.2, -0.15) is 0 Å². The van der Waals surface area contributed by atoms with Gasteiger partial charge in [-0.3, -0.25) is 9.69 Å². The van der Waals surface area contributed by atoms with Crippen molar-refractivity contribution >= 4 is 10.9 Å². The number of benzene rings is 2. The lowest BCUT2D eigenvalue weighted by Crippen LogP contribution is -2.33. The third kappa shape index (κ3) is 5.25. The number of aryl methyl sites for hydroxylation is 2. The SMILES string of the molecule is CCC(C)(C)n1nnnc1CN(CCc1ccccc1)Cc1cc2c(C)cc(C)cc2[nH]c1=O. The Balaban J connectivity index is 1.65. The highest BCUT2D eigenvalue weighted by molar-refractivity contribution is 5.83. The number of tetrazole rings is 1. The van der Waals surface area contributed by atoms with E-state index in [1.807, 2.05) is 29.8 Å². The van der Waals surface area contributed by atoms with Gasteiger partial charge in [-0.05, 0) is 79.8 Å². The van der Waals surface area contributed by atoms with Crippen molar-refractivity contribution in [1.29, 1.82) is 0 Å². The number of rotatable bonds is 9. The molecule has 2 heterocycles. The summed E-state index contributed by atoms with van der Waals surface area (Å²) in [4.78, 5) is 18.4. The van der Waals surface area contributed by atoms with Gasteiger partial charge in [0.1, 0.15) is 0 Å². The molecule has 0 aliphatic rings. The van der Waals surface area contributed by atoms with Crippen LogP contribution >= 0.6 is 0 Å². The van der Waals surface area contributed by atoms with Gasteiger partial charge in [-0.15, -0.1) is 5.10 Å². The van der Waals surface area contributed by atoms with E-state index in [1.54, 1.807) is 0 Å². The minimum Gasteiger partial charge on any atom is -0.322 e. The van der Waals surface area contributed by atoms with Crippen molar-refractivity contribution in [2.75, 3.05) is 6.54 Å². The van der Waals surface area contributed by atoms with Crippen LogP contribution in [-0.2, 0) is 25.0 Å². The second kappa shape index (κ2) is 9.89. The first kappa shape index (κ1) is 23.8. The second-order valence-electron chi connectivity index (χ2n) is 9.79. The van der Waals surface area contributed by atoms with E-state index in [0.29, 0.717) is 13.1 Å². The van der Waals surface area contributed by atoms with Crippen LogP contribution in [-0.4, -0.2) is 36.6 Å². The smallest absolute Gasteiger partial charge is 0.252 e. The number of aromatic amines is 1. The minimum atomic E-state index is -0.181. The lowest BCUT2D eigenvalue weighted by molar-refractivity contribution is 0.225. The van der Waals surface area contributed by atoms with Gasteiger partial charge in [0.15, 0.2) is 5.82 Å². The zero-order chi connectivity index (χ0) is 24.3. The molecule has 0 aliphatic carbocycles. The molecule has 7 heteroatoms. The van der Waals surface area contributed by atoms with E-state index < -0.39 is 0 Å². The molecule has 0 bridgehead atoms. The summed E-state index contributed by atoms with van der Waals surface area (Å²) in [6.07, 6.45) is 1.79. The van der Waals surface area contributed by atoms with Crippen molar-refractivity contribution in [3.05, 3.63) is 87.0 Å². The lowest BCUT2D eigenvalue weighted by Gasteiger charge is -2.27. The number of nitrogens with zero attached hydrogens (tertiary/aromatic N) is 5. The Bertz CT molecular complexity index is 1320. The normalized spacial score (nSPS) is 12.1. The predicted octanol–water partition coefficient (Wildman–Crippen LogP) is 4.52. The van der Waals surface area contributed by atoms with Crippen LogP contribution in [0.15, 0.2) is 53.3 Å². The Morgan fingerprint density at radius 2 is 1.82 bits per heavy atom. The minimum absolute atomic E-state index is 0.0457. The molecule has 34 heavy (non-hydrogen) atoms. The van der Waals surface area contributed by atoms with Gasteiger partial charge in [0.05, 0.1) is 12.1 Å². The van der Waals surface area contributed by atoms with Crippen LogP contribution in [0.2, 0.25) is 0 Å². The summed E-state index contributed by atoms with van der Waals surface area (Å²) in [5, 5.41) is 13.7. The molecule has 0 amide bonds. The summed E-state index contributed by atoms with van der Waals surface area (Å²) in [6.45, 7) is 12.4. The average molecular weight is 459 g/mol. The fourth-order valence-corrected chi connectivity index (χ4v) is 4.34. The summed E-state index contributed by atoms with van der Waals surface area (Å²) >= 11 is 0. The molecule has 2 aromatic carbocycles. The molecule has 1 N–H and O–H groups in total. The molecule has 0 aliphatic heterocycles. The van der Waals surface area contributed by atoms with Gasteiger partial charge in [-0.25, -0.2) is 4.68 Å². The van der Waals surface area contributed by atoms with E-state index in [4.69, 9.17) is 0 Å². The number of nitrogens with one attached hydrogen (secondary N) is 1. The highest BCUT2D eigenvalue weighted by Crippen LogP contribution is 2.22. The fourth-order valence-electron chi connectivity index (χ4n) is 4.34. The van der Waals surface area contributed by atoms with Gasteiger partial charge in [0.25, 0.3) is 5.56 Å². The van der Waals surface area contributed by atoms with E-state index in [9.17, 15) is 4.79 Å². The number of fused-ring (bicyclic) bond motifs is 1. The topological polar surface area (TPSA) is 79.7 Å². The Hall–Kier alpha value is -3.32. The standard InChI is InChI=1S/C27H34N6O/c1-6-27(4,5)33-25(29-30-31-33)18-32(13-12-21-10-8-7-9-11-21)17-22-16-23-20(3)14-19(2)15-24(23)28-26(22)34/h7-11,14-16H,6,12-13,17-18H2,1-5H3,(H,28,34). The molecule has 4 rings (SSSR count). The maximum Gasteiger partial charge on any atom is 0.252 e. The zero-order valence-electron chi connectivity index (χ0n) is 20.8. The predicted molar refractivity (Wildman–Crippen MR) is 136 cm³/mol. The number of hydrogen-bond acceptors (Lipinski definition) is 5. The van der Waals surface area contributed by atoms with Crippen molar-refractivity contribution in [2.45, 2.75) is 66.1 Å². The molecule has 7 nitrogen and oxygen atoms in total. The highest BCUT2D eigenvalue weighted by atomic mass is 16.1. The maximum absolute atomic E-state index is 13.0. The van der Waals surface area contributed by atoms with Gasteiger partial charge in [-0.1, -0.05) is 43.3 Å². The molecule has 0 radical (unpaired) electrons. The van der Waals surface area contributed by atoms with Crippen molar-refractivity contribution in [2.24, 2.45) is 0 Å². The number of H-pyrrole nitrogens is 1. The van der Waals surface area contributed by atoms with Crippen molar-refractivity contribution in [3.63, 3.8) is 0 Å². The largest absolute Gasteiger partial charge is 0.322 e. The van der Waals surface area contributed by atoms with Crippen molar-refractivity contribution < 1.29 is 0 Å². The molecular weight excluding hydrogens is 424 g/mol. The first-order valence-corrected chi connectivity index (χ1v) is 11.9. The second-order valence-corrected chi connectivity index (χ2v) is 9.79. The van der Waals surface area contributed by atoms with Gasteiger partial charge < -0.3 is 4.98 Å². The van der Waals surface area contributed by atoms with Crippen LogP contribution in [0, 0.1) is 13.8 Å². The molecule has 0 saturated carbocycles. The van der Waals surface area contributed by atoms with Crippen LogP contribution in [0.4, 0.5) is 0 Å². The molecule has 4 aromatic rings. The quantitative estimate of drug-likeness (QED) is 0.399. The third-order valence-corrected chi connectivity index (χ3v) is 6.68. The highest BCUT2D eigenvalue weighted by Gasteiger charge is 2.24. The van der Waals surface area contributed by atoms with Crippen LogP contribution in [0.5, 0.6) is 0 Å². The van der Waals surface area contributed by atoms with E-state index in [1.165, 1.54) is 5.56 Å². The Morgan fingerprint density at radius 1 is 1.06 bits per heavy atom. The van der Waals surface area contributed by atoms with E-state index >= 15 is 0 Å². The van der Waals surface area contributed by atoms with Crippen LogP contribution in [0.3, 0.4) is 0 Å². The number of hydrogen-bond donors (Lipinski definition) is 1. The number of aromatic nitrogens is 5. The Morgan fingerprint density at radius 3 is 2.56 bits per heavy atom. The van der Waals surface area contributed by atoms with Crippen LogP contribution < -0.4 is 5.56 Å². The summed E-state index contributed by atoms with van der Waals surface area (Å²) < 4.78 is 1.92. The van der Waals surface area contributed by atoms with E-state index in [-0.39, 0.29) is 11.1 Å². The molecule has 0 unspecified atom stereocenters. The summed E-state index contributed by atoms with van der Waals surface area (Å²) in [6, 6.07) is 16.6. The number of pyridine rings is 1. The third-order valence-electron chi connectivity index (χ3n) is 6.68. The van der Waals surface area contributed by atoms with E-state index in [2.05, 4.69) is 83.4 Å². The summed E-state index contributed by atoms with van der Waals surface area (Å²) in [5.41, 5.74) is 4.98. The summed E-state index contributed by atoms with van der Waals surface area (Å²) in [7, 11) is 0. The summed E-state index contributed by atoms with van der Waals surface area (Å²) in [5.74, 6) is 0.809. The maximum atomic E-state index is 13.0. The zero-order valence-corrected chi connectivity index (χ0v) is 20.8. The van der Waals surface area contributed by atoms with Gasteiger partial charge in [0, 0.05) is 29.6 Å². The Kier molecular flexibility index (Phi) is 6.93.